The number of hydrogen-bond donors (Lipinski definition) is 1. The number of esters is 1. The van der Waals surface area contributed by atoms with Crippen molar-refractivity contribution in [3.8, 4) is 0 Å². The highest BCUT2D eigenvalue weighted by Gasteiger charge is 2.22. The third-order valence-electron chi connectivity index (χ3n) is 3.61. The molecule has 0 bridgehead atoms. The maximum atomic E-state index is 12.5. The molecular weight excluding hydrogens is 378 g/mol. The molecule has 0 radical (unpaired) electrons. The highest BCUT2D eigenvalue weighted by Crippen LogP contribution is 2.10. The summed E-state index contributed by atoms with van der Waals surface area (Å²) in [4.78, 5) is 40.8. The van der Waals surface area contributed by atoms with E-state index in [1.54, 1.807) is 51.1 Å². The summed E-state index contributed by atoms with van der Waals surface area (Å²) in [6, 6.07) is 8.57. The topological polar surface area (TPSA) is 130 Å². The van der Waals surface area contributed by atoms with Crippen molar-refractivity contribution in [2.45, 2.75) is 32.9 Å². The normalized spacial score (nSPS) is 11.0. The zero-order valence-corrected chi connectivity index (χ0v) is 16.7. The van der Waals surface area contributed by atoms with Gasteiger partial charge in [-0.15, -0.1) is 5.10 Å². The van der Waals surface area contributed by atoms with Gasteiger partial charge in [0.15, 0.2) is 0 Å². The van der Waals surface area contributed by atoms with Crippen molar-refractivity contribution in [3.63, 3.8) is 0 Å². The lowest BCUT2D eigenvalue weighted by atomic mass is 10.2. The number of hydrogen-bond acceptors (Lipinski definition) is 7. The van der Waals surface area contributed by atoms with Crippen molar-refractivity contribution in [1.29, 1.82) is 0 Å². The summed E-state index contributed by atoms with van der Waals surface area (Å²) in [6.45, 7) is 5.87. The van der Waals surface area contributed by atoms with Gasteiger partial charge < -0.3 is 20.1 Å². The van der Waals surface area contributed by atoms with Crippen LogP contribution in [0.5, 0.6) is 0 Å². The van der Waals surface area contributed by atoms with Gasteiger partial charge in [0.2, 0.25) is 5.82 Å². The summed E-state index contributed by atoms with van der Waals surface area (Å²) in [5.41, 5.74) is 4.88. The number of rotatable bonds is 8. The Kier molecular flexibility index (Phi) is 7.29. The van der Waals surface area contributed by atoms with Crippen LogP contribution in [0.3, 0.4) is 0 Å². The number of carbonyl (C=O) groups is 3. The number of primary amides is 1. The molecule has 1 aromatic carbocycles. The van der Waals surface area contributed by atoms with Crippen LogP contribution in [0, 0.1) is 0 Å². The van der Waals surface area contributed by atoms with Crippen LogP contribution in [0.2, 0.25) is 0 Å². The number of nitrogens with two attached hydrogens (primary N) is 1. The van der Waals surface area contributed by atoms with E-state index in [9.17, 15) is 14.4 Å². The van der Waals surface area contributed by atoms with E-state index in [2.05, 4.69) is 10.1 Å². The zero-order valence-electron chi connectivity index (χ0n) is 16.7. The first-order chi connectivity index (χ1) is 13.7. The van der Waals surface area contributed by atoms with Crippen molar-refractivity contribution in [3.05, 3.63) is 48.0 Å². The van der Waals surface area contributed by atoms with Crippen LogP contribution >= 0.6 is 0 Å². The first-order valence-corrected chi connectivity index (χ1v) is 9.05. The van der Waals surface area contributed by atoms with Crippen LogP contribution in [-0.2, 0) is 16.0 Å². The van der Waals surface area contributed by atoms with E-state index in [1.165, 1.54) is 15.9 Å². The minimum Gasteiger partial charge on any atom is -0.460 e. The second kappa shape index (κ2) is 9.67. The molecule has 2 aromatic rings. The Morgan fingerprint density at radius 3 is 2.41 bits per heavy atom. The summed E-state index contributed by atoms with van der Waals surface area (Å²) < 4.78 is 12.0. The predicted molar refractivity (Wildman–Crippen MR) is 103 cm³/mol. The molecular formula is C19H25N5O5. The van der Waals surface area contributed by atoms with Gasteiger partial charge in [-0.25, -0.2) is 14.6 Å². The maximum Gasteiger partial charge on any atom is 0.410 e. The summed E-state index contributed by atoms with van der Waals surface area (Å²) in [5, 5.41) is 3.93. The number of benzene rings is 1. The second-order valence-corrected chi connectivity index (χ2v) is 7.16. The fourth-order valence-electron chi connectivity index (χ4n) is 2.27. The summed E-state index contributed by atoms with van der Waals surface area (Å²) in [5.74, 6) is -1.32. The van der Waals surface area contributed by atoms with Gasteiger partial charge in [-0.05, 0) is 32.9 Å². The van der Waals surface area contributed by atoms with Crippen LogP contribution < -0.4 is 5.73 Å². The molecule has 0 aliphatic rings. The lowest BCUT2D eigenvalue weighted by Crippen LogP contribution is -2.40. The van der Waals surface area contributed by atoms with Gasteiger partial charge in [0.25, 0.3) is 5.91 Å². The van der Waals surface area contributed by atoms with Crippen LogP contribution in [0.15, 0.2) is 36.7 Å². The van der Waals surface area contributed by atoms with Gasteiger partial charge in [-0.1, -0.05) is 18.2 Å². The Bertz CT molecular complexity index is 844. The number of ether oxygens (including phenoxy) is 2. The molecule has 10 heteroatoms. The molecule has 0 fully saturated rings. The average Bonchev–Trinajstić information content (AvgIpc) is 3.13. The first-order valence-electron chi connectivity index (χ1n) is 9.05. The minimum atomic E-state index is -0.736. The van der Waals surface area contributed by atoms with Gasteiger partial charge in [0, 0.05) is 6.54 Å². The van der Waals surface area contributed by atoms with Crippen LogP contribution in [0.1, 0.15) is 41.7 Å². The van der Waals surface area contributed by atoms with Crippen molar-refractivity contribution >= 4 is 18.0 Å². The summed E-state index contributed by atoms with van der Waals surface area (Å²) in [7, 11) is 0. The van der Waals surface area contributed by atoms with Gasteiger partial charge in [0.1, 0.15) is 18.5 Å². The molecule has 0 saturated heterocycles. The second-order valence-electron chi connectivity index (χ2n) is 7.16. The Morgan fingerprint density at radius 2 is 1.83 bits per heavy atom. The Labute approximate surface area is 168 Å². The van der Waals surface area contributed by atoms with E-state index < -0.39 is 23.6 Å². The van der Waals surface area contributed by atoms with Gasteiger partial charge in [-0.2, -0.15) is 0 Å². The standard InChI is InChI=1S/C19H25N5O5/c1-19(2,3)29-18(27)23(9-10-24-13-21-16(22-24)15(20)25)11-12-28-17(26)14-7-5-4-6-8-14/h4-8,13H,9-12H2,1-3H3,(H2,20,25). The van der Waals surface area contributed by atoms with E-state index in [0.717, 1.165) is 0 Å². The molecule has 10 nitrogen and oxygen atoms in total. The van der Waals surface area contributed by atoms with Crippen molar-refractivity contribution in [2.75, 3.05) is 19.7 Å². The van der Waals surface area contributed by atoms with E-state index in [4.69, 9.17) is 15.2 Å². The lowest BCUT2D eigenvalue weighted by Gasteiger charge is -2.27. The Balaban J connectivity index is 1.95. The molecule has 2 N–H and O–H groups in total. The molecule has 0 aliphatic heterocycles. The number of amides is 2. The SMILES string of the molecule is CC(C)(C)OC(=O)N(CCOC(=O)c1ccccc1)CCn1cnc(C(N)=O)n1. The molecule has 2 rings (SSSR count). The number of aromatic nitrogens is 3. The fourth-order valence-corrected chi connectivity index (χ4v) is 2.27. The molecule has 2 amide bonds. The zero-order chi connectivity index (χ0) is 21.4. The van der Waals surface area contributed by atoms with Crippen molar-refractivity contribution < 1.29 is 23.9 Å². The Morgan fingerprint density at radius 1 is 1.14 bits per heavy atom. The molecule has 1 heterocycles. The molecule has 0 spiro atoms. The summed E-state index contributed by atoms with van der Waals surface area (Å²) in [6.07, 6.45) is 0.798. The van der Waals surface area contributed by atoms with E-state index >= 15 is 0 Å². The smallest absolute Gasteiger partial charge is 0.410 e. The molecule has 0 saturated carbocycles. The van der Waals surface area contributed by atoms with E-state index in [-0.39, 0.29) is 32.1 Å². The van der Waals surface area contributed by atoms with E-state index in [0.29, 0.717) is 5.56 Å². The molecule has 29 heavy (non-hydrogen) atoms. The van der Waals surface area contributed by atoms with Crippen LogP contribution in [-0.4, -0.2) is 62.9 Å². The third kappa shape index (κ3) is 7.24. The van der Waals surface area contributed by atoms with Gasteiger partial charge in [-0.3, -0.25) is 9.48 Å². The minimum absolute atomic E-state index is 0.00311. The largest absolute Gasteiger partial charge is 0.460 e. The first kappa shape index (κ1) is 21.9. The van der Waals surface area contributed by atoms with Crippen LogP contribution in [0.4, 0.5) is 4.79 Å². The number of carbonyl (C=O) groups excluding carboxylic acids is 3. The molecule has 0 aliphatic carbocycles. The number of nitrogens with zero attached hydrogens (tertiary/aromatic N) is 4. The van der Waals surface area contributed by atoms with Crippen molar-refractivity contribution in [1.82, 2.24) is 19.7 Å². The molecule has 0 unspecified atom stereocenters. The average molecular weight is 403 g/mol. The van der Waals surface area contributed by atoms with Gasteiger partial charge >= 0.3 is 12.1 Å². The van der Waals surface area contributed by atoms with Crippen LogP contribution in [0.25, 0.3) is 0 Å². The van der Waals surface area contributed by atoms with Crippen molar-refractivity contribution in [2.24, 2.45) is 5.73 Å². The quantitative estimate of drug-likeness (QED) is 0.661. The molecule has 1 aromatic heterocycles. The third-order valence-corrected chi connectivity index (χ3v) is 3.61. The van der Waals surface area contributed by atoms with Gasteiger partial charge in [0.05, 0.1) is 18.7 Å². The highest BCUT2D eigenvalue weighted by molar-refractivity contribution is 5.89. The predicted octanol–water partition coefficient (Wildman–Crippen LogP) is 1.47. The fraction of sp³-hybridized carbons (Fsp3) is 0.421. The Hall–Kier alpha value is -3.43. The summed E-state index contributed by atoms with van der Waals surface area (Å²) >= 11 is 0. The highest BCUT2D eigenvalue weighted by atomic mass is 16.6. The lowest BCUT2D eigenvalue weighted by molar-refractivity contribution is 0.0159. The van der Waals surface area contributed by atoms with E-state index in [1.807, 2.05) is 0 Å². The molecule has 0 atom stereocenters. The monoisotopic (exact) mass is 403 g/mol. The molecule has 156 valence electrons. The maximum absolute atomic E-state index is 12.5.